The molecule has 3 aromatic rings. The normalized spacial score (nSPS) is 11.3. The van der Waals surface area contributed by atoms with Crippen molar-refractivity contribution in [1.82, 2.24) is 10.4 Å². The minimum absolute atomic E-state index is 0.332. The first-order valence-corrected chi connectivity index (χ1v) is 7.79. The van der Waals surface area contributed by atoms with Crippen LogP contribution in [0.3, 0.4) is 0 Å². The first-order valence-electron chi connectivity index (χ1n) is 7.41. The molecule has 2 heterocycles. The van der Waals surface area contributed by atoms with Crippen molar-refractivity contribution < 1.29 is 9.21 Å². The molecule has 6 heteroatoms. The first kappa shape index (κ1) is 16.2. The fraction of sp³-hybridized carbons (Fsp3) is 0.167. The monoisotopic (exact) mass is 341 g/mol. The summed E-state index contributed by atoms with van der Waals surface area (Å²) in [7, 11) is 0. The van der Waals surface area contributed by atoms with Crippen LogP contribution in [0.25, 0.3) is 10.9 Å². The Hall–Kier alpha value is -2.66. The highest BCUT2D eigenvalue weighted by Gasteiger charge is 2.12. The number of fused-ring (bicyclic) bond motifs is 1. The van der Waals surface area contributed by atoms with Crippen LogP contribution >= 0.6 is 11.6 Å². The number of halogens is 1. The van der Waals surface area contributed by atoms with E-state index >= 15 is 0 Å². The van der Waals surface area contributed by atoms with Gasteiger partial charge in [0.25, 0.3) is 5.91 Å². The van der Waals surface area contributed by atoms with Gasteiger partial charge in [-0.1, -0.05) is 23.7 Å². The molecule has 0 bridgehead atoms. The number of carbonyl (C=O) groups is 1. The van der Waals surface area contributed by atoms with E-state index in [1.807, 2.05) is 31.2 Å². The van der Waals surface area contributed by atoms with Gasteiger partial charge in [0.05, 0.1) is 17.3 Å². The lowest BCUT2D eigenvalue weighted by Crippen LogP contribution is -2.17. The zero-order valence-electron chi connectivity index (χ0n) is 13.6. The second-order valence-corrected chi connectivity index (χ2v) is 5.95. The second-order valence-electron chi connectivity index (χ2n) is 5.59. The molecule has 122 valence electrons. The number of hydrogen-bond acceptors (Lipinski definition) is 4. The first-order chi connectivity index (χ1) is 11.4. The van der Waals surface area contributed by atoms with E-state index in [0.717, 1.165) is 16.5 Å². The molecule has 0 unspecified atom stereocenters. The number of carbonyl (C=O) groups excluding carboxylic acids is 1. The minimum atomic E-state index is -0.332. The fourth-order valence-electron chi connectivity index (χ4n) is 2.44. The third-order valence-corrected chi connectivity index (χ3v) is 3.91. The largest absolute Gasteiger partial charge is 0.466 e. The molecule has 0 spiro atoms. The van der Waals surface area contributed by atoms with Crippen LogP contribution in [-0.4, -0.2) is 17.1 Å². The van der Waals surface area contributed by atoms with E-state index in [2.05, 4.69) is 15.5 Å². The number of nitrogens with one attached hydrogen (secondary N) is 1. The van der Waals surface area contributed by atoms with Gasteiger partial charge in [0.1, 0.15) is 16.7 Å². The summed E-state index contributed by atoms with van der Waals surface area (Å²) in [6, 6.07) is 9.50. The molecule has 0 saturated heterocycles. The minimum Gasteiger partial charge on any atom is -0.466 e. The molecule has 0 atom stereocenters. The highest BCUT2D eigenvalue weighted by Crippen LogP contribution is 2.20. The number of benzene rings is 1. The van der Waals surface area contributed by atoms with Gasteiger partial charge in [0.15, 0.2) is 0 Å². The number of nitrogens with zero attached hydrogens (tertiary/aromatic N) is 2. The molecule has 0 saturated carbocycles. The van der Waals surface area contributed by atoms with Crippen molar-refractivity contribution in [2.45, 2.75) is 20.8 Å². The van der Waals surface area contributed by atoms with E-state index in [1.165, 1.54) is 6.21 Å². The van der Waals surface area contributed by atoms with Gasteiger partial charge in [0, 0.05) is 10.9 Å². The third-order valence-electron chi connectivity index (χ3n) is 3.61. The number of furan rings is 1. The molecule has 0 fully saturated rings. The molecule has 0 radical (unpaired) electrons. The maximum atomic E-state index is 12.1. The van der Waals surface area contributed by atoms with Gasteiger partial charge >= 0.3 is 0 Å². The average Bonchev–Trinajstić information content (AvgIpc) is 2.86. The number of aromatic nitrogens is 1. The van der Waals surface area contributed by atoms with Gasteiger partial charge in [-0.2, -0.15) is 5.10 Å². The van der Waals surface area contributed by atoms with E-state index in [9.17, 15) is 4.79 Å². The number of aryl methyl sites for hydroxylation is 3. The molecule has 1 aromatic carbocycles. The summed E-state index contributed by atoms with van der Waals surface area (Å²) < 4.78 is 5.33. The summed E-state index contributed by atoms with van der Waals surface area (Å²) in [6.07, 6.45) is 1.48. The molecule has 0 aliphatic heterocycles. The van der Waals surface area contributed by atoms with Gasteiger partial charge in [0.2, 0.25) is 0 Å². The molecule has 0 aliphatic rings. The van der Waals surface area contributed by atoms with Gasteiger partial charge in [-0.15, -0.1) is 0 Å². The Morgan fingerprint density at radius 1 is 1.25 bits per heavy atom. The molecule has 3 rings (SSSR count). The van der Waals surface area contributed by atoms with Crippen molar-refractivity contribution >= 4 is 34.6 Å². The maximum Gasteiger partial charge on any atom is 0.274 e. The Labute approximate surface area is 144 Å². The number of hydrazone groups is 1. The summed E-state index contributed by atoms with van der Waals surface area (Å²) in [5, 5.41) is 5.25. The summed E-state index contributed by atoms with van der Waals surface area (Å²) in [5.41, 5.74) is 5.50. The van der Waals surface area contributed by atoms with Crippen LogP contribution < -0.4 is 5.43 Å². The topological polar surface area (TPSA) is 67.5 Å². The van der Waals surface area contributed by atoms with E-state index in [0.29, 0.717) is 27.8 Å². The number of rotatable bonds is 3. The molecular formula is C18H16ClN3O2. The van der Waals surface area contributed by atoms with Crippen LogP contribution in [0.5, 0.6) is 0 Å². The predicted octanol–water partition coefficient (Wildman–Crippen LogP) is 4.17. The van der Waals surface area contributed by atoms with Gasteiger partial charge in [-0.25, -0.2) is 10.4 Å². The summed E-state index contributed by atoms with van der Waals surface area (Å²) in [6.45, 7) is 5.52. The summed E-state index contributed by atoms with van der Waals surface area (Å²) in [4.78, 5) is 16.4. The Morgan fingerprint density at radius 3 is 2.75 bits per heavy atom. The second kappa shape index (κ2) is 6.45. The highest BCUT2D eigenvalue weighted by atomic mass is 35.5. The van der Waals surface area contributed by atoms with E-state index in [1.54, 1.807) is 19.9 Å². The molecule has 1 N–H and O–H groups in total. The van der Waals surface area contributed by atoms with Gasteiger partial charge in [-0.3, -0.25) is 4.79 Å². The molecule has 1 amide bonds. The van der Waals surface area contributed by atoms with Crippen molar-refractivity contribution in [3.8, 4) is 0 Å². The zero-order chi connectivity index (χ0) is 17.3. The van der Waals surface area contributed by atoms with Gasteiger partial charge < -0.3 is 4.42 Å². The number of hydrogen-bond donors (Lipinski definition) is 1. The van der Waals surface area contributed by atoms with E-state index in [4.69, 9.17) is 16.0 Å². The van der Waals surface area contributed by atoms with Crippen LogP contribution in [-0.2, 0) is 0 Å². The van der Waals surface area contributed by atoms with Crippen LogP contribution in [0.15, 0.2) is 39.9 Å². The van der Waals surface area contributed by atoms with E-state index in [-0.39, 0.29) is 5.91 Å². The van der Waals surface area contributed by atoms with Crippen LogP contribution in [0, 0.1) is 20.8 Å². The van der Waals surface area contributed by atoms with Crippen molar-refractivity contribution in [2.24, 2.45) is 5.10 Å². The Balaban J connectivity index is 1.80. The molecular weight excluding hydrogens is 326 g/mol. The van der Waals surface area contributed by atoms with Crippen LogP contribution in [0.2, 0.25) is 5.15 Å². The Bertz CT molecular complexity index is 960. The Kier molecular flexibility index (Phi) is 4.36. The van der Waals surface area contributed by atoms with Crippen LogP contribution in [0.1, 0.15) is 33.0 Å². The van der Waals surface area contributed by atoms with Crippen molar-refractivity contribution in [1.29, 1.82) is 0 Å². The van der Waals surface area contributed by atoms with Crippen molar-refractivity contribution in [3.05, 3.63) is 63.7 Å². The average molecular weight is 342 g/mol. The lowest BCUT2D eigenvalue weighted by Gasteiger charge is -2.03. The third kappa shape index (κ3) is 3.31. The smallest absolute Gasteiger partial charge is 0.274 e. The lowest BCUT2D eigenvalue weighted by atomic mass is 10.1. The predicted molar refractivity (Wildman–Crippen MR) is 94.7 cm³/mol. The SMILES string of the molecule is Cc1ccc2cc(/C=N\NC(=O)c3cc(C)oc3C)c(Cl)nc2c1. The lowest BCUT2D eigenvalue weighted by molar-refractivity contribution is 0.0953. The molecule has 2 aromatic heterocycles. The molecule has 5 nitrogen and oxygen atoms in total. The highest BCUT2D eigenvalue weighted by molar-refractivity contribution is 6.32. The van der Waals surface area contributed by atoms with Crippen molar-refractivity contribution in [2.75, 3.05) is 0 Å². The van der Waals surface area contributed by atoms with Gasteiger partial charge in [-0.05, 0) is 44.5 Å². The van der Waals surface area contributed by atoms with Crippen LogP contribution in [0.4, 0.5) is 0 Å². The fourth-order valence-corrected chi connectivity index (χ4v) is 2.63. The molecule has 24 heavy (non-hydrogen) atoms. The molecule has 0 aliphatic carbocycles. The Morgan fingerprint density at radius 2 is 2.04 bits per heavy atom. The summed E-state index contributed by atoms with van der Waals surface area (Å²) >= 11 is 6.19. The quantitative estimate of drug-likeness (QED) is 0.441. The van der Waals surface area contributed by atoms with E-state index < -0.39 is 0 Å². The maximum absolute atomic E-state index is 12.1. The number of amides is 1. The standard InChI is InChI=1S/C18H16ClN3O2/c1-10-4-5-13-8-14(17(19)21-16(13)6-10)9-20-22-18(23)15-7-11(2)24-12(15)3/h4-9H,1-3H3,(H,22,23)/b20-9-. The van der Waals surface area contributed by atoms with Crippen molar-refractivity contribution in [3.63, 3.8) is 0 Å². The summed E-state index contributed by atoms with van der Waals surface area (Å²) in [5.74, 6) is 0.903. The number of pyridine rings is 1. The zero-order valence-corrected chi connectivity index (χ0v) is 14.3.